The van der Waals surface area contributed by atoms with Gasteiger partial charge >= 0.3 is 0 Å². The minimum atomic E-state index is -0.670. The molecule has 4 aliphatic rings. The van der Waals surface area contributed by atoms with Crippen molar-refractivity contribution in [3.8, 4) is 34.1 Å². The lowest BCUT2D eigenvalue weighted by Gasteiger charge is -2.34. The van der Waals surface area contributed by atoms with Crippen LogP contribution in [0.2, 0.25) is 0 Å². The number of rotatable bonds is 15. The quantitative estimate of drug-likeness (QED) is 0.115. The first-order valence-corrected chi connectivity index (χ1v) is 15.6. The third-order valence-electron chi connectivity index (χ3n) is 8.73. The molecule has 0 bridgehead atoms. The fourth-order valence-corrected chi connectivity index (χ4v) is 6.25. The van der Waals surface area contributed by atoms with E-state index in [9.17, 15) is 0 Å². The van der Waals surface area contributed by atoms with Gasteiger partial charge in [-0.25, -0.2) is 0 Å². The molecule has 0 saturated carbocycles. The van der Waals surface area contributed by atoms with E-state index in [0.717, 1.165) is 24.3 Å². The summed E-state index contributed by atoms with van der Waals surface area (Å²) in [7, 11) is 1.67. The maximum atomic E-state index is 6.38. The van der Waals surface area contributed by atoms with E-state index in [0.29, 0.717) is 62.6 Å². The van der Waals surface area contributed by atoms with E-state index < -0.39 is 5.41 Å². The summed E-state index contributed by atoms with van der Waals surface area (Å²) < 4.78 is 46.6. The summed E-state index contributed by atoms with van der Waals surface area (Å²) in [4.78, 5) is 0. The molecule has 4 aromatic carbocycles. The summed E-state index contributed by atoms with van der Waals surface area (Å²) in [6, 6.07) is 29.9. The van der Waals surface area contributed by atoms with E-state index in [4.69, 9.17) is 37.9 Å². The molecule has 3 atom stereocenters. The first-order chi connectivity index (χ1) is 22.2. The molecule has 4 aromatic rings. The Labute approximate surface area is 262 Å². The highest BCUT2D eigenvalue weighted by molar-refractivity contribution is 5.86. The molecule has 0 spiro atoms. The van der Waals surface area contributed by atoms with Crippen LogP contribution in [0.25, 0.3) is 11.1 Å². The molecule has 3 saturated heterocycles. The molecule has 45 heavy (non-hydrogen) atoms. The van der Waals surface area contributed by atoms with Gasteiger partial charge in [-0.15, -0.1) is 0 Å². The predicted octanol–water partition coefficient (Wildman–Crippen LogP) is 5.41. The highest BCUT2D eigenvalue weighted by Crippen LogP contribution is 2.57. The summed E-state index contributed by atoms with van der Waals surface area (Å²) in [5, 5.41) is 0. The van der Waals surface area contributed by atoms with Gasteiger partial charge in [0.15, 0.2) is 23.0 Å². The monoisotopic (exact) mass is 608 g/mol. The van der Waals surface area contributed by atoms with Gasteiger partial charge in [0.05, 0.1) is 31.8 Å². The SMILES string of the molecule is COCCOc1cc(C2(c3ccc(OCC4CO4)c(OCC4CO4)c3)c3ccccc3-c3ccccc32)ccc1OCC1CO1. The zero-order chi connectivity index (χ0) is 30.2. The molecule has 8 heteroatoms. The number of methoxy groups -OCH3 is 1. The van der Waals surface area contributed by atoms with Gasteiger partial charge in [0.1, 0.15) is 44.7 Å². The lowest BCUT2D eigenvalue weighted by atomic mass is 9.67. The lowest BCUT2D eigenvalue weighted by molar-refractivity contribution is 0.142. The van der Waals surface area contributed by atoms with Gasteiger partial charge in [-0.1, -0.05) is 60.7 Å². The highest BCUT2D eigenvalue weighted by Gasteiger charge is 2.47. The Bertz CT molecular complexity index is 1630. The van der Waals surface area contributed by atoms with Gasteiger partial charge in [0.25, 0.3) is 0 Å². The van der Waals surface area contributed by atoms with Crippen LogP contribution < -0.4 is 18.9 Å². The fourth-order valence-electron chi connectivity index (χ4n) is 6.25. The molecule has 0 aromatic heterocycles. The molecule has 3 unspecified atom stereocenters. The number of benzene rings is 4. The predicted molar refractivity (Wildman–Crippen MR) is 167 cm³/mol. The summed E-state index contributed by atoms with van der Waals surface area (Å²) in [6.45, 7) is 4.46. The average molecular weight is 609 g/mol. The van der Waals surface area contributed by atoms with Gasteiger partial charge in [0.2, 0.25) is 0 Å². The third-order valence-corrected chi connectivity index (χ3v) is 8.73. The van der Waals surface area contributed by atoms with Crippen molar-refractivity contribution in [3.63, 3.8) is 0 Å². The average Bonchev–Trinajstić information content (AvgIpc) is 3.94. The zero-order valence-corrected chi connectivity index (χ0v) is 25.2. The third kappa shape index (κ3) is 5.64. The van der Waals surface area contributed by atoms with E-state index >= 15 is 0 Å². The summed E-state index contributed by atoms with van der Waals surface area (Å²) >= 11 is 0. The van der Waals surface area contributed by atoms with Crippen molar-refractivity contribution in [2.75, 3.05) is 60.0 Å². The standard InChI is InChI=1S/C37H36O8/c1-38-14-15-39-35-16-24(10-12-33(35)43-21-26-18-40-26)37(31-8-4-2-6-29(31)30-7-3-5-9-32(30)37)25-11-13-34(44-22-27-19-41-27)36(17-25)45-23-28-20-42-28/h2-13,16-17,26-28H,14-15,18-23H2,1H3. The summed E-state index contributed by atoms with van der Waals surface area (Å²) in [5.74, 6) is 2.72. The molecular weight excluding hydrogens is 572 g/mol. The Morgan fingerprint density at radius 2 is 1.00 bits per heavy atom. The molecule has 3 aliphatic heterocycles. The molecule has 8 rings (SSSR count). The Kier molecular flexibility index (Phi) is 7.59. The minimum Gasteiger partial charge on any atom is -0.487 e. The van der Waals surface area contributed by atoms with E-state index in [-0.39, 0.29) is 18.3 Å². The first kappa shape index (κ1) is 28.4. The van der Waals surface area contributed by atoms with Crippen molar-refractivity contribution in [1.29, 1.82) is 0 Å². The molecule has 232 valence electrons. The van der Waals surface area contributed by atoms with Gasteiger partial charge in [-0.3, -0.25) is 0 Å². The van der Waals surface area contributed by atoms with Crippen LogP contribution in [-0.2, 0) is 24.4 Å². The molecule has 3 heterocycles. The van der Waals surface area contributed by atoms with Crippen LogP contribution in [0.5, 0.6) is 23.0 Å². The zero-order valence-electron chi connectivity index (χ0n) is 25.2. The topological polar surface area (TPSA) is 83.7 Å². The Balaban J connectivity index is 1.29. The van der Waals surface area contributed by atoms with E-state index in [1.165, 1.54) is 22.3 Å². The van der Waals surface area contributed by atoms with E-state index in [2.05, 4.69) is 72.8 Å². The number of hydrogen-bond donors (Lipinski definition) is 0. The van der Waals surface area contributed by atoms with Crippen LogP contribution in [0.3, 0.4) is 0 Å². The van der Waals surface area contributed by atoms with Crippen LogP contribution in [0.4, 0.5) is 0 Å². The van der Waals surface area contributed by atoms with E-state index in [1.54, 1.807) is 7.11 Å². The van der Waals surface area contributed by atoms with Crippen molar-refractivity contribution in [2.24, 2.45) is 0 Å². The summed E-state index contributed by atoms with van der Waals surface area (Å²) in [6.07, 6.45) is 0.367. The van der Waals surface area contributed by atoms with Crippen molar-refractivity contribution in [1.82, 2.24) is 0 Å². The minimum absolute atomic E-state index is 0.107. The van der Waals surface area contributed by atoms with Crippen LogP contribution in [0.15, 0.2) is 84.9 Å². The van der Waals surface area contributed by atoms with Crippen LogP contribution >= 0.6 is 0 Å². The smallest absolute Gasteiger partial charge is 0.161 e. The van der Waals surface area contributed by atoms with Gasteiger partial charge in [-0.2, -0.15) is 0 Å². The normalized spacial score (nSPS) is 21.4. The molecule has 0 radical (unpaired) electrons. The Morgan fingerprint density at radius 3 is 1.47 bits per heavy atom. The second kappa shape index (κ2) is 12.0. The molecule has 8 nitrogen and oxygen atoms in total. The number of fused-ring (bicyclic) bond motifs is 3. The lowest BCUT2D eigenvalue weighted by Crippen LogP contribution is -2.29. The fraction of sp³-hybridized carbons (Fsp3) is 0.351. The Morgan fingerprint density at radius 1 is 0.556 bits per heavy atom. The van der Waals surface area contributed by atoms with Crippen molar-refractivity contribution >= 4 is 0 Å². The Hall–Kier alpha value is -4.08. The van der Waals surface area contributed by atoms with Crippen LogP contribution in [0, 0.1) is 0 Å². The largest absolute Gasteiger partial charge is 0.487 e. The van der Waals surface area contributed by atoms with Crippen molar-refractivity contribution in [3.05, 3.63) is 107 Å². The molecule has 0 amide bonds. The molecule has 1 aliphatic carbocycles. The van der Waals surface area contributed by atoms with E-state index in [1.807, 2.05) is 12.1 Å². The van der Waals surface area contributed by atoms with Gasteiger partial charge in [-0.05, 0) is 57.6 Å². The first-order valence-electron chi connectivity index (χ1n) is 15.6. The number of ether oxygens (including phenoxy) is 8. The summed E-state index contributed by atoms with van der Waals surface area (Å²) in [5.41, 5.74) is 6.21. The van der Waals surface area contributed by atoms with Crippen LogP contribution in [0.1, 0.15) is 22.3 Å². The van der Waals surface area contributed by atoms with Crippen LogP contribution in [-0.4, -0.2) is 78.3 Å². The second-order valence-corrected chi connectivity index (χ2v) is 11.8. The molecular formula is C37H36O8. The van der Waals surface area contributed by atoms with Gasteiger partial charge < -0.3 is 37.9 Å². The number of hydrogen-bond acceptors (Lipinski definition) is 8. The van der Waals surface area contributed by atoms with Crippen molar-refractivity contribution < 1.29 is 37.9 Å². The van der Waals surface area contributed by atoms with Crippen molar-refractivity contribution in [2.45, 2.75) is 23.7 Å². The highest BCUT2D eigenvalue weighted by atomic mass is 16.6. The molecule has 0 N–H and O–H groups in total. The number of epoxide rings is 3. The molecule has 3 fully saturated rings. The van der Waals surface area contributed by atoms with Gasteiger partial charge in [0, 0.05) is 7.11 Å². The maximum Gasteiger partial charge on any atom is 0.161 e. The second-order valence-electron chi connectivity index (χ2n) is 11.8. The maximum absolute atomic E-state index is 6.38.